The first-order valence-corrected chi connectivity index (χ1v) is 10.4. The van der Waals surface area contributed by atoms with Crippen LogP contribution in [0.1, 0.15) is 37.0 Å². The van der Waals surface area contributed by atoms with Crippen LogP contribution in [0.4, 0.5) is 0 Å². The highest BCUT2D eigenvalue weighted by Gasteiger charge is 2.46. The summed E-state index contributed by atoms with van der Waals surface area (Å²) in [6, 6.07) is 4.94. The number of carbonyl (C=O) groups is 1. The van der Waals surface area contributed by atoms with Gasteiger partial charge in [-0.3, -0.25) is 4.79 Å². The van der Waals surface area contributed by atoms with Crippen molar-refractivity contribution >= 4 is 6.29 Å². The molecule has 0 saturated carbocycles. The Kier molecular flexibility index (Phi) is 8.26. The van der Waals surface area contributed by atoms with Gasteiger partial charge >= 0.3 is 0 Å². The minimum Gasteiger partial charge on any atom is -0.493 e. The van der Waals surface area contributed by atoms with Crippen molar-refractivity contribution in [2.24, 2.45) is 0 Å². The predicted octanol–water partition coefficient (Wildman–Crippen LogP) is 1.93. The van der Waals surface area contributed by atoms with Gasteiger partial charge in [0.1, 0.15) is 24.6 Å². The van der Waals surface area contributed by atoms with Gasteiger partial charge in [0, 0.05) is 32.6 Å². The first-order chi connectivity index (χ1) is 14.9. The Morgan fingerprint density at radius 1 is 1.03 bits per heavy atom. The molecule has 9 nitrogen and oxygen atoms in total. The first-order valence-electron chi connectivity index (χ1n) is 10.4. The van der Waals surface area contributed by atoms with Gasteiger partial charge in [0.2, 0.25) is 6.29 Å². The zero-order chi connectivity index (χ0) is 22.5. The lowest BCUT2D eigenvalue weighted by Gasteiger charge is -2.44. The number of hydrogen-bond donors (Lipinski definition) is 1. The molecule has 0 aliphatic carbocycles. The van der Waals surface area contributed by atoms with Crippen molar-refractivity contribution in [3.05, 3.63) is 23.8 Å². The smallest absolute Gasteiger partial charge is 0.202 e. The number of aliphatic hydroxyl groups excluding tert-OH is 1. The number of methoxy groups -OCH3 is 3. The lowest BCUT2D eigenvalue weighted by atomic mass is 9.99. The zero-order valence-electron chi connectivity index (χ0n) is 18.6. The minimum absolute atomic E-state index is 0.123. The lowest BCUT2D eigenvalue weighted by Crippen LogP contribution is -2.59. The topological polar surface area (TPSA) is 102 Å². The van der Waals surface area contributed by atoms with Gasteiger partial charge < -0.3 is 38.3 Å². The van der Waals surface area contributed by atoms with E-state index < -0.39 is 30.9 Å². The summed E-state index contributed by atoms with van der Waals surface area (Å²) in [6.45, 7) is 3.76. The van der Waals surface area contributed by atoms with E-state index in [9.17, 15) is 9.90 Å². The van der Waals surface area contributed by atoms with Gasteiger partial charge in [-0.1, -0.05) is 0 Å². The summed E-state index contributed by atoms with van der Waals surface area (Å²) in [5.74, 6) is 0.920. The second kappa shape index (κ2) is 10.7. The van der Waals surface area contributed by atoms with Gasteiger partial charge in [0.25, 0.3) is 0 Å². The third-order valence-electron chi connectivity index (χ3n) is 5.64. The Morgan fingerprint density at radius 3 is 2.42 bits per heavy atom. The van der Waals surface area contributed by atoms with Crippen molar-refractivity contribution in [3.8, 4) is 11.5 Å². The highest BCUT2D eigenvalue weighted by molar-refractivity contribution is 5.76. The normalized spacial score (nSPS) is 36.1. The second-order valence-electron chi connectivity index (χ2n) is 7.85. The highest BCUT2D eigenvalue weighted by Crippen LogP contribution is 2.33. The average Bonchev–Trinajstić information content (AvgIpc) is 2.74. The van der Waals surface area contributed by atoms with E-state index in [0.29, 0.717) is 29.9 Å². The molecular weight excluding hydrogens is 408 g/mol. The summed E-state index contributed by atoms with van der Waals surface area (Å²) in [6.07, 6.45) is -2.30. The molecule has 0 unspecified atom stereocenters. The van der Waals surface area contributed by atoms with Crippen LogP contribution >= 0.6 is 0 Å². The Morgan fingerprint density at radius 2 is 1.77 bits per heavy atom. The molecule has 1 aromatic rings. The largest absolute Gasteiger partial charge is 0.493 e. The molecule has 3 rings (SSSR count). The molecule has 8 atom stereocenters. The highest BCUT2D eigenvalue weighted by atomic mass is 16.7. The predicted molar refractivity (Wildman–Crippen MR) is 109 cm³/mol. The first kappa shape index (κ1) is 23.9. The molecule has 0 amide bonds. The molecule has 2 aliphatic heterocycles. The maximum atomic E-state index is 11.0. The third kappa shape index (κ3) is 5.54. The fourth-order valence-corrected chi connectivity index (χ4v) is 4.11. The summed E-state index contributed by atoms with van der Waals surface area (Å²) >= 11 is 0. The van der Waals surface area contributed by atoms with Crippen LogP contribution in [0.15, 0.2) is 18.2 Å². The lowest BCUT2D eigenvalue weighted by molar-refractivity contribution is -0.321. The summed E-state index contributed by atoms with van der Waals surface area (Å²) in [7, 11) is 4.54. The molecule has 2 heterocycles. The maximum Gasteiger partial charge on any atom is 0.202 e. The van der Waals surface area contributed by atoms with Crippen LogP contribution < -0.4 is 9.47 Å². The summed E-state index contributed by atoms with van der Waals surface area (Å²) in [4.78, 5) is 11.0. The van der Waals surface area contributed by atoms with Crippen LogP contribution in [0.2, 0.25) is 0 Å². The van der Waals surface area contributed by atoms with Gasteiger partial charge in [0.05, 0.1) is 25.4 Å². The van der Waals surface area contributed by atoms with Crippen molar-refractivity contribution < 1.29 is 43.1 Å². The summed E-state index contributed by atoms with van der Waals surface area (Å²) in [5.41, 5.74) is 0.491. The van der Waals surface area contributed by atoms with E-state index in [0.717, 1.165) is 6.29 Å². The Bertz CT molecular complexity index is 727. The fraction of sp³-hybridized carbons (Fsp3) is 0.682. The van der Waals surface area contributed by atoms with Crippen LogP contribution in [0.5, 0.6) is 11.5 Å². The van der Waals surface area contributed by atoms with E-state index >= 15 is 0 Å². The number of rotatable bonds is 8. The molecule has 2 aliphatic rings. The third-order valence-corrected chi connectivity index (χ3v) is 5.64. The Labute approximate surface area is 182 Å². The SMILES string of the molecule is COc1cc(C=O)ccc1O[C@H]1C[C@@H](O[C@@H]2O[C@H](C)[C@@H](OC)[C@H](O)[C@H]2OC)C[C@@H](C)O1. The van der Waals surface area contributed by atoms with Crippen LogP contribution in [0.25, 0.3) is 0 Å². The molecule has 2 fully saturated rings. The number of aliphatic hydroxyl groups is 1. The van der Waals surface area contributed by atoms with Crippen molar-refractivity contribution in [2.45, 2.75) is 75.9 Å². The molecule has 2 saturated heterocycles. The molecule has 0 spiro atoms. The second-order valence-corrected chi connectivity index (χ2v) is 7.85. The average molecular weight is 440 g/mol. The number of ether oxygens (including phenoxy) is 7. The van der Waals surface area contributed by atoms with Gasteiger partial charge in [-0.25, -0.2) is 0 Å². The monoisotopic (exact) mass is 440 g/mol. The Balaban J connectivity index is 1.68. The number of hydrogen-bond acceptors (Lipinski definition) is 9. The summed E-state index contributed by atoms with van der Waals surface area (Å²) < 4.78 is 40.2. The van der Waals surface area contributed by atoms with Gasteiger partial charge in [-0.15, -0.1) is 0 Å². The van der Waals surface area contributed by atoms with E-state index in [1.807, 2.05) is 13.8 Å². The zero-order valence-corrected chi connectivity index (χ0v) is 18.6. The van der Waals surface area contributed by atoms with Crippen LogP contribution in [-0.2, 0) is 23.7 Å². The number of benzene rings is 1. The molecule has 31 heavy (non-hydrogen) atoms. The molecule has 0 radical (unpaired) electrons. The van der Waals surface area contributed by atoms with E-state index in [2.05, 4.69) is 0 Å². The summed E-state index contributed by atoms with van der Waals surface area (Å²) in [5, 5.41) is 10.6. The molecule has 1 aromatic carbocycles. The van der Waals surface area contributed by atoms with Gasteiger partial charge in [-0.2, -0.15) is 0 Å². The van der Waals surface area contributed by atoms with Gasteiger partial charge in [0.15, 0.2) is 17.8 Å². The van der Waals surface area contributed by atoms with Crippen LogP contribution in [0.3, 0.4) is 0 Å². The van der Waals surface area contributed by atoms with E-state index in [4.69, 9.17) is 33.2 Å². The van der Waals surface area contributed by atoms with Crippen molar-refractivity contribution in [2.75, 3.05) is 21.3 Å². The van der Waals surface area contributed by atoms with E-state index in [1.165, 1.54) is 21.3 Å². The van der Waals surface area contributed by atoms with Crippen LogP contribution in [-0.4, -0.2) is 81.9 Å². The van der Waals surface area contributed by atoms with Gasteiger partial charge in [-0.05, 0) is 32.0 Å². The van der Waals surface area contributed by atoms with Crippen molar-refractivity contribution in [3.63, 3.8) is 0 Å². The van der Waals surface area contributed by atoms with E-state index in [1.54, 1.807) is 18.2 Å². The molecular formula is C22H32O9. The molecule has 9 heteroatoms. The number of aldehydes is 1. The molecule has 174 valence electrons. The minimum atomic E-state index is -0.881. The van der Waals surface area contributed by atoms with Crippen molar-refractivity contribution in [1.29, 1.82) is 0 Å². The Hall–Kier alpha value is -1.75. The fourth-order valence-electron chi connectivity index (χ4n) is 4.11. The molecule has 1 N–H and O–H groups in total. The molecule has 0 aromatic heterocycles. The standard InChI is InChI=1S/C22H32O9/c1-12-8-15(30-22-21(27-5)19(24)20(26-4)13(2)29-22)10-18(28-12)31-16-7-6-14(11-23)9-17(16)25-3/h6-7,9,11-13,15,18-22,24H,8,10H2,1-5H3/t12-,13-,15+,18+,19+,20-,21-,22+/m1/s1. The van der Waals surface area contributed by atoms with E-state index in [-0.39, 0.29) is 18.3 Å². The quantitative estimate of drug-likeness (QED) is 0.608. The molecule has 0 bridgehead atoms. The number of carbonyl (C=O) groups excluding carboxylic acids is 1. The van der Waals surface area contributed by atoms with Crippen LogP contribution in [0, 0.1) is 0 Å². The maximum absolute atomic E-state index is 11.0. The van der Waals surface area contributed by atoms with Crippen molar-refractivity contribution in [1.82, 2.24) is 0 Å².